The molecule has 2 N–H and O–H groups in total. The Morgan fingerprint density at radius 2 is 1.89 bits per heavy atom. The average Bonchev–Trinajstić information content (AvgIpc) is 2.38. The van der Waals surface area contributed by atoms with Gasteiger partial charge in [0.2, 0.25) is 0 Å². The van der Waals surface area contributed by atoms with E-state index in [9.17, 15) is 0 Å². The van der Waals surface area contributed by atoms with Crippen LogP contribution < -0.4 is 15.4 Å². The van der Waals surface area contributed by atoms with E-state index in [0.29, 0.717) is 6.04 Å². The minimum absolute atomic E-state index is 0.0343. The molecule has 0 saturated carbocycles. The van der Waals surface area contributed by atoms with Gasteiger partial charge in [-0.2, -0.15) is 0 Å². The third kappa shape index (κ3) is 2.96. The number of nitrogens with zero attached hydrogens (tertiary/aromatic N) is 1. The fraction of sp³-hybridized carbons (Fsp3) is 0.600. The molecule has 0 aliphatic heterocycles. The van der Waals surface area contributed by atoms with Crippen molar-refractivity contribution in [2.75, 3.05) is 19.1 Å². The lowest BCUT2D eigenvalue weighted by molar-refractivity contribution is 0.406. The van der Waals surface area contributed by atoms with Gasteiger partial charge >= 0.3 is 0 Å². The van der Waals surface area contributed by atoms with Crippen molar-refractivity contribution in [1.82, 2.24) is 0 Å². The Kier molecular flexibility index (Phi) is 5.48. The summed E-state index contributed by atoms with van der Waals surface area (Å²) in [6.45, 7) is 6.44. The lowest BCUT2D eigenvalue weighted by Crippen LogP contribution is -2.31. The maximum Gasteiger partial charge on any atom is 0.125 e. The summed E-state index contributed by atoms with van der Waals surface area (Å²) in [4.78, 5) is 2.32. The summed E-state index contributed by atoms with van der Waals surface area (Å²) in [7, 11) is 3.83. The van der Waals surface area contributed by atoms with Crippen molar-refractivity contribution in [2.24, 2.45) is 5.73 Å². The lowest BCUT2D eigenvalue weighted by atomic mass is 10.0. The highest BCUT2D eigenvalue weighted by Crippen LogP contribution is 2.34. The summed E-state index contributed by atoms with van der Waals surface area (Å²) in [6.07, 6.45) is 2.26. The van der Waals surface area contributed by atoms with Crippen LogP contribution in [0.25, 0.3) is 0 Å². The molecule has 1 aromatic rings. The molecule has 0 bridgehead atoms. The molecule has 3 heteroatoms. The van der Waals surface area contributed by atoms with E-state index < -0.39 is 0 Å². The van der Waals surface area contributed by atoms with E-state index in [4.69, 9.17) is 10.5 Å². The lowest BCUT2D eigenvalue weighted by Gasteiger charge is -2.31. The Labute approximate surface area is 111 Å². The molecular formula is C15H26N2O. The van der Waals surface area contributed by atoms with E-state index in [1.165, 1.54) is 5.69 Å². The van der Waals surface area contributed by atoms with Crippen molar-refractivity contribution in [3.05, 3.63) is 23.8 Å². The van der Waals surface area contributed by atoms with Crippen molar-refractivity contribution in [1.29, 1.82) is 0 Å². The van der Waals surface area contributed by atoms with Gasteiger partial charge in [0.1, 0.15) is 5.75 Å². The van der Waals surface area contributed by atoms with Crippen LogP contribution >= 0.6 is 0 Å². The van der Waals surface area contributed by atoms with Gasteiger partial charge in [0.25, 0.3) is 0 Å². The Morgan fingerprint density at radius 1 is 1.28 bits per heavy atom. The first-order valence-corrected chi connectivity index (χ1v) is 6.72. The normalized spacial score (nSPS) is 12.6. The minimum atomic E-state index is -0.0343. The number of rotatable bonds is 6. The molecule has 0 heterocycles. The number of hydrogen-bond donors (Lipinski definition) is 1. The predicted octanol–water partition coefficient (Wildman–Crippen LogP) is 3.34. The standard InChI is InChI=1S/C15H26N2O/c1-6-12(7-2)17(4)13-9-8-10-14(18-5)15(13)11(3)16/h8-12H,6-7,16H2,1-5H3/t11-/m1/s1. The molecule has 0 radical (unpaired) electrons. The fourth-order valence-electron chi connectivity index (χ4n) is 2.51. The number of nitrogens with two attached hydrogens (primary N) is 1. The van der Waals surface area contributed by atoms with Crippen LogP contribution in [0.1, 0.15) is 45.2 Å². The molecule has 1 aromatic carbocycles. The summed E-state index contributed by atoms with van der Waals surface area (Å²) in [6, 6.07) is 6.63. The number of anilines is 1. The van der Waals surface area contributed by atoms with E-state index in [-0.39, 0.29) is 6.04 Å². The first kappa shape index (κ1) is 14.8. The largest absolute Gasteiger partial charge is 0.496 e. The zero-order chi connectivity index (χ0) is 13.7. The highest BCUT2D eigenvalue weighted by atomic mass is 16.5. The number of hydrogen-bond acceptors (Lipinski definition) is 3. The van der Waals surface area contributed by atoms with Gasteiger partial charge < -0.3 is 15.4 Å². The summed E-state index contributed by atoms with van der Waals surface area (Å²) < 4.78 is 5.44. The zero-order valence-corrected chi connectivity index (χ0v) is 12.2. The monoisotopic (exact) mass is 250 g/mol. The molecular weight excluding hydrogens is 224 g/mol. The fourth-order valence-corrected chi connectivity index (χ4v) is 2.51. The summed E-state index contributed by atoms with van der Waals surface area (Å²) >= 11 is 0. The maximum absolute atomic E-state index is 6.11. The van der Waals surface area contributed by atoms with Crippen molar-refractivity contribution in [2.45, 2.75) is 45.7 Å². The number of benzene rings is 1. The second-order valence-electron chi connectivity index (χ2n) is 4.76. The van der Waals surface area contributed by atoms with Gasteiger partial charge in [-0.05, 0) is 31.9 Å². The van der Waals surface area contributed by atoms with E-state index in [0.717, 1.165) is 24.2 Å². The summed E-state index contributed by atoms with van der Waals surface area (Å²) in [5.74, 6) is 0.875. The molecule has 0 fully saturated rings. The number of methoxy groups -OCH3 is 1. The first-order chi connectivity index (χ1) is 8.56. The van der Waals surface area contributed by atoms with Gasteiger partial charge in [-0.3, -0.25) is 0 Å². The van der Waals surface area contributed by atoms with Gasteiger partial charge in [-0.15, -0.1) is 0 Å². The molecule has 3 nitrogen and oxygen atoms in total. The quantitative estimate of drug-likeness (QED) is 0.841. The Bertz CT molecular complexity index is 373. The summed E-state index contributed by atoms with van der Waals surface area (Å²) in [5.41, 5.74) is 8.38. The van der Waals surface area contributed by atoms with Crippen LogP contribution in [0.15, 0.2) is 18.2 Å². The van der Waals surface area contributed by atoms with Crippen LogP contribution in [0.4, 0.5) is 5.69 Å². The molecule has 0 aromatic heterocycles. The van der Waals surface area contributed by atoms with E-state index in [2.05, 4.69) is 31.9 Å². The number of ether oxygens (including phenoxy) is 1. The van der Waals surface area contributed by atoms with Crippen molar-refractivity contribution in [3.8, 4) is 5.75 Å². The highest BCUT2D eigenvalue weighted by molar-refractivity contribution is 5.60. The van der Waals surface area contributed by atoms with E-state index in [1.807, 2.05) is 19.1 Å². The van der Waals surface area contributed by atoms with Crippen molar-refractivity contribution in [3.63, 3.8) is 0 Å². The zero-order valence-electron chi connectivity index (χ0n) is 12.2. The SMILES string of the molecule is CCC(CC)N(C)c1cccc(OC)c1[C@@H](C)N. The molecule has 0 aliphatic carbocycles. The molecule has 102 valence electrons. The Balaban J connectivity index is 3.22. The van der Waals surface area contributed by atoms with Gasteiger partial charge in [-0.1, -0.05) is 19.9 Å². The van der Waals surface area contributed by atoms with Crippen LogP contribution in [-0.4, -0.2) is 20.2 Å². The molecule has 1 rings (SSSR count). The van der Waals surface area contributed by atoms with E-state index >= 15 is 0 Å². The smallest absolute Gasteiger partial charge is 0.125 e. The van der Waals surface area contributed by atoms with Crippen molar-refractivity contribution >= 4 is 5.69 Å². The first-order valence-electron chi connectivity index (χ1n) is 6.72. The summed E-state index contributed by atoms with van der Waals surface area (Å²) in [5, 5.41) is 0. The van der Waals surface area contributed by atoms with E-state index in [1.54, 1.807) is 7.11 Å². The third-order valence-electron chi connectivity index (χ3n) is 3.59. The van der Waals surface area contributed by atoms with Gasteiger partial charge in [0.15, 0.2) is 0 Å². The van der Waals surface area contributed by atoms with Crippen LogP contribution in [-0.2, 0) is 0 Å². The molecule has 1 atom stereocenters. The topological polar surface area (TPSA) is 38.5 Å². The average molecular weight is 250 g/mol. The molecule has 0 unspecified atom stereocenters. The van der Waals surface area contributed by atoms with Crippen LogP contribution in [0.5, 0.6) is 5.75 Å². The van der Waals surface area contributed by atoms with Crippen LogP contribution in [0.3, 0.4) is 0 Å². The second kappa shape index (κ2) is 6.64. The molecule has 18 heavy (non-hydrogen) atoms. The maximum atomic E-state index is 6.11. The minimum Gasteiger partial charge on any atom is -0.496 e. The van der Waals surface area contributed by atoms with Gasteiger partial charge in [0, 0.05) is 30.4 Å². The Morgan fingerprint density at radius 3 is 2.33 bits per heavy atom. The Hall–Kier alpha value is -1.22. The molecule has 0 spiro atoms. The third-order valence-corrected chi connectivity index (χ3v) is 3.59. The molecule has 0 saturated heterocycles. The van der Waals surface area contributed by atoms with Gasteiger partial charge in [0.05, 0.1) is 7.11 Å². The molecule has 0 amide bonds. The van der Waals surface area contributed by atoms with Crippen LogP contribution in [0.2, 0.25) is 0 Å². The van der Waals surface area contributed by atoms with Crippen molar-refractivity contribution < 1.29 is 4.74 Å². The van der Waals surface area contributed by atoms with Crippen LogP contribution in [0, 0.1) is 0 Å². The molecule has 0 aliphatic rings. The predicted molar refractivity (Wildman–Crippen MR) is 78.4 cm³/mol. The van der Waals surface area contributed by atoms with Gasteiger partial charge in [-0.25, -0.2) is 0 Å². The highest BCUT2D eigenvalue weighted by Gasteiger charge is 2.19. The second-order valence-corrected chi connectivity index (χ2v) is 4.76.